The lowest BCUT2D eigenvalue weighted by molar-refractivity contribution is 0.136. The van der Waals surface area contributed by atoms with Crippen molar-refractivity contribution in [3.8, 4) is 0 Å². The lowest BCUT2D eigenvalue weighted by Gasteiger charge is -2.42. The SMILES string of the molecule is CC1(CC2CC2)CN=C(N)N1C1CCCCCC1. The first-order valence-corrected chi connectivity index (χ1v) is 7.78. The number of hydrogen-bond donors (Lipinski definition) is 1. The first-order chi connectivity index (χ1) is 8.69. The van der Waals surface area contributed by atoms with Gasteiger partial charge in [0.05, 0.1) is 12.1 Å². The Morgan fingerprint density at radius 3 is 2.44 bits per heavy atom. The fourth-order valence-corrected chi connectivity index (χ4v) is 3.93. The van der Waals surface area contributed by atoms with Gasteiger partial charge in [-0.05, 0) is 32.1 Å². The van der Waals surface area contributed by atoms with Crippen LogP contribution in [0.4, 0.5) is 0 Å². The molecule has 1 heterocycles. The van der Waals surface area contributed by atoms with Crippen molar-refractivity contribution < 1.29 is 0 Å². The summed E-state index contributed by atoms with van der Waals surface area (Å²) in [5, 5.41) is 0. The molecule has 2 fully saturated rings. The van der Waals surface area contributed by atoms with E-state index in [9.17, 15) is 0 Å². The van der Waals surface area contributed by atoms with Crippen molar-refractivity contribution in [1.82, 2.24) is 4.90 Å². The van der Waals surface area contributed by atoms with Gasteiger partial charge in [0.2, 0.25) is 0 Å². The van der Waals surface area contributed by atoms with Gasteiger partial charge < -0.3 is 10.6 Å². The molecule has 0 aromatic carbocycles. The summed E-state index contributed by atoms with van der Waals surface area (Å²) in [5.41, 5.74) is 6.43. The van der Waals surface area contributed by atoms with Crippen molar-refractivity contribution >= 4 is 5.96 Å². The third-order valence-corrected chi connectivity index (χ3v) is 5.03. The molecule has 0 saturated heterocycles. The number of hydrogen-bond acceptors (Lipinski definition) is 3. The fourth-order valence-electron chi connectivity index (χ4n) is 3.93. The van der Waals surface area contributed by atoms with Gasteiger partial charge in [-0.3, -0.25) is 4.99 Å². The highest BCUT2D eigenvalue weighted by atomic mass is 15.4. The second-order valence-electron chi connectivity index (χ2n) is 6.83. The summed E-state index contributed by atoms with van der Waals surface area (Å²) in [4.78, 5) is 7.09. The van der Waals surface area contributed by atoms with Crippen molar-refractivity contribution in [2.75, 3.05) is 6.54 Å². The summed E-state index contributed by atoms with van der Waals surface area (Å²) in [6.07, 6.45) is 12.3. The van der Waals surface area contributed by atoms with Crippen LogP contribution >= 0.6 is 0 Å². The highest BCUT2D eigenvalue weighted by molar-refractivity contribution is 5.81. The highest BCUT2D eigenvalue weighted by Crippen LogP contribution is 2.42. The van der Waals surface area contributed by atoms with E-state index in [0.717, 1.165) is 18.4 Å². The van der Waals surface area contributed by atoms with E-state index in [-0.39, 0.29) is 5.54 Å². The van der Waals surface area contributed by atoms with Gasteiger partial charge in [0, 0.05) is 6.04 Å². The Bertz CT molecular complexity index is 327. The largest absolute Gasteiger partial charge is 0.370 e. The summed E-state index contributed by atoms with van der Waals surface area (Å²) in [6.45, 7) is 3.31. The minimum atomic E-state index is 0.222. The standard InChI is InChI=1S/C15H27N3/c1-15(10-12-8-9-12)11-17-14(16)18(15)13-6-4-2-3-5-7-13/h12-13H,2-11H2,1H3,(H2,16,17). The number of nitrogens with zero attached hydrogens (tertiary/aromatic N) is 2. The number of guanidine groups is 1. The predicted molar refractivity (Wildman–Crippen MR) is 75.6 cm³/mol. The Morgan fingerprint density at radius 2 is 1.83 bits per heavy atom. The molecular weight excluding hydrogens is 222 g/mol. The van der Waals surface area contributed by atoms with Crippen molar-refractivity contribution in [3.63, 3.8) is 0 Å². The van der Waals surface area contributed by atoms with E-state index in [2.05, 4.69) is 16.8 Å². The molecule has 2 aliphatic carbocycles. The summed E-state index contributed by atoms with van der Waals surface area (Å²) in [5.74, 6) is 1.77. The zero-order valence-corrected chi connectivity index (χ0v) is 11.7. The molecule has 3 heteroatoms. The maximum atomic E-state index is 6.21. The van der Waals surface area contributed by atoms with Crippen LogP contribution in [0.15, 0.2) is 4.99 Å². The monoisotopic (exact) mass is 249 g/mol. The van der Waals surface area contributed by atoms with Gasteiger partial charge in [-0.25, -0.2) is 0 Å². The Hall–Kier alpha value is -0.730. The average Bonchev–Trinajstić information content (AvgIpc) is 3.11. The van der Waals surface area contributed by atoms with E-state index in [1.807, 2.05) is 0 Å². The average molecular weight is 249 g/mol. The lowest BCUT2D eigenvalue weighted by atomic mass is 9.90. The summed E-state index contributed by atoms with van der Waals surface area (Å²) in [7, 11) is 0. The molecule has 3 aliphatic rings. The third kappa shape index (κ3) is 2.36. The minimum absolute atomic E-state index is 0.222. The van der Waals surface area contributed by atoms with Gasteiger partial charge >= 0.3 is 0 Å². The summed E-state index contributed by atoms with van der Waals surface area (Å²) in [6, 6.07) is 0.655. The molecule has 0 radical (unpaired) electrons. The van der Waals surface area contributed by atoms with Crippen LogP contribution in [0.2, 0.25) is 0 Å². The van der Waals surface area contributed by atoms with Gasteiger partial charge in [0.15, 0.2) is 5.96 Å². The Morgan fingerprint density at radius 1 is 1.17 bits per heavy atom. The Balaban J connectivity index is 1.74. The van der Waals surface area contributed by atoms with E-state index < -0.39 is 0 Å². The molecule has 3 nitrogen and oxygen atoms in total. The third-order valence-electron chi connectivity index (χ3n) is 5.03. The fraction of sp³-hybridized carbons (Fsp3) is 0.933. The second-order valence-corrected chi connectivity index (χ2v) is 6.83. The molecule has 3 rings (SSSR count). The Kier molecular flexibility index (Phi) is 3.25. The first kappa shape index (κ1) is 12.3. The first-order valence-electron chi connectivity index (χ1n) is 7.78. The van der Waals surface area contributed by atoms with Crippen LogP contribution < -0.4 is 5.73 Å². The predicted octanol–water partition coefficient (Wildman–Crippen LogP) is 2.90. The van der Waals surface area contributed by atoms with Gasteiger partial charge in [-0.2, -0.15) is 0 Å². The molecule has 1 aliphatic heterocycles. The van der Waals surface area contributed by atoms with Gasteiger partial charge in [0.1, 0.15) is 0 Å². The molecule has 0 amide bonds. The minimum Gasteiger partial charge on any atom is -0.370 e. The molecule has 18 heavy (non-hydrogen) atoms. The summed E-state index contributed by atoms with van der Waals surface area (Å²) >= 11 is 0. The van der Waals surface area contributed by atoms with Gasteiger partial charge in [0.25, 0.3) is 0 Å². The molecule has 1 atom stereocenters. The van der Waals surface area contributed by atoms with E-state index in [4.69, 9.17) is 5.73 Å². The van der Waals surface area contributed by atoms with Crippen LogP contribution in [0.5, 0.6) is 0 Å². The lowest BCUT2D eigenvalue weighted by Crippen LogP contribution is -2.54. The van der Waals surface area contributed by atoms with Crippen LogP contribution in [-0.2, 0) is 0 Å². The second kappa shape index (κ2) is 4.75. The van der Waals surface area contributed by atoms with Crippen LogP contribution in [0.25, 0.3) is 0 Å². The quantitative estimate of drug-likeness (QED) is 0.781. The molecule has 2 saturated carbocycles. The normalized spacial score (nSPS) is 34.5. The van der Waals surface area contributed by atoms with Crippen molar-refractivity contribution in [3.05, 3.63) is 0 Å². The molecule has 0 spiro atoms. The summed E-state index contributed by atoms with van der Waals surface area (Å²) < 4.78 is 0. The van der Waals surface area contributed by atoms with Crippen LogP contribution in [0.3, 0.4) is 0 Å². The van der Waals surface area contributed by atoms with Crippen molar-refractivity contribution in [2.24, 2.45) is 16.6 Å². The number of nitrogens with two attached hydrogens (primary N) is 1. The van der Waals surface area contributed by atoms with E-state index in [0.29, 0.717) is 6.04 Å². The maximum Gasteiger partial charge on any atom is 0.192 e. The molecule has 0 aromatic rings. The van der Waals surface area contributed by atoms with E-state index in [1.54, 1.807) is 0 Å². The molecular formula is C15H27N3. The molecule has 0 bridgehead atoms. The Labute approximate surface area is 111 Å². The maximum absolute atomic E-state index is 6.21. The molecule has 2 N–H and O–H groups in total. The zero-order chi connectivity index (χ0) is 12.6. The topological polar surface area (TPSA) is 41.6 Å². The van der Waals surface area contributed by atoms with Crippen LogP contribution in [0.1, 0.15) is 64.7 Å². The number of aliphatic imine (C=N–C) groups is 1. The van der Waals surface area contributed by atoms with Crippen molar-refractivity contribution in [1.29, 1.82) is 0 Å². The molecule has 1 unspecified atom stereocenters. The highest BCUT2D eigenvalue weighted by Gasteiger charge is 2.44. The van der Waals surface area contributed by atoms with Crippen LogP contribution in [0, 0.1) is 5.92 Å². The van der Waals surface area contributed by atoms with Gasteiger partial charge in [-0.15, -0.1) is 0 Å². The van der Waals surface area contributed by atoms with Gasteiger partial charge in [-0.1, -0.05) is 38.5 Å². The van der Waals surface area contributed by atoms with E-state index >= 15 is 0 Å². The zero-order valence-electron chi connectivity index (χ0n) is 11.7. The smallest absolute Gasteiger partial charge is 0.192 e. The molecule has 102 valence electrons. The van der Waals surface area contributed by atoms with Crippen LogP contribution in [-0.4, -0.2) is 29.0 Å². The van der Waals surface area contributed by atoms with Crippen molar-refractivity contribution in [2.45, 2.75) is 76.3 Å². The molecule has 0 aromatic heterocycles. The van der Waals surface area contributed by atoms with E-state index in [1.165, 1.54) is 57.8 Å². The number of rotatable bonds is 3.